The Morgan fingerprint density at radius 2 is 2.19 bits per heavy atom. The lowest BCUT2D eigenvalue weighted by Crippen LogP contribution is -2.24. The van der Waals surface area contributed by atoms with Crippen molar-refractivity contribution in [2.24, 2.45) is 10.7 Å². The fourth-order valence-corrected chi connectivity index (χ4v) is 2.51. The van der Waals surface area contributed by atoms with E-state index < -0.39 is 23.6 Å². The van der Waals surface area contributed by atoms with Gasteiger partial charge in [0.25, 0.3) is 11.9 Å². The van der Waals surface area contributed by atoms with Crippen LogP contribution in [0.4, 0.5) is 14.5 Å². The first-order chi connectivity index (χ1) is 12.5. The van der Waals surface area contributed by atoms with Gasteiger partial charge in [0.15, 0.2) is 11.6 Å². The minimum atomic E-state index is -1.10. The van der Waals surface area contributed by atoms with Crippen LogP contribution in [0.15, 0.2) is 35.5 Å². The van der Waals surface area contributed by atoms with Crippen molar-refractivity contribution in [3.63, 3.8) is 0 Å². The van der Waals surface area contributed by atoms with E-state index in [9.17, 15) is 13.6 Å². The Morgan fingerprint density at radius 1 is 1.38 bits per heavy atom. The molecule has 136 valence electrons. The molecule has 3 N–H and O–H groups in total. The largest absolute Gasteiger partial charge is 0.495 e. The number of halogens is 2. The Balaban J connectivity index is 1.85. The Morgan fingerprint density at radius 3 is 2.85 bits per heavy atom. The number of hydrogen-bond donors (Lipinski definition) is 2. The fourth-order valence-electron chi connectivity index (χ4n) is 2.51. The van der Waals surface area contributed by atoms with Crippen LogP contribution in [-0.2, 0) is 4.74 Å². The Labute approximate surface area is 147 Å². The van der Waals surface area contributed by atoms with E-state index in [-0.39, 0.29) is 29.6 Å². The molecular weight excluding hydrogens is 346 g/mol. The van der Waals surface area contributed by atoms with Crippen LogP contribution in [0.1, 0.15) is 28.5 Å². The molecule has 0 saturated heterocycles. The van der Waals surface area contributed by atoms with E-state index in [2.05, 4.69) is 15.3 Å². The molecule has 2 aromatic rings. The summed E-state index contributed by atoms with van der Waals surface area (Å²) in [6, 6.07) is 4.47. The smallest absolute Gasteiger partial charge is 0.282 e. The van der Waals surface area contributed by atoms with Gasteiger partial charge >= 0.3 is 0 Å². The number of aromatic nitrogens is 1. The van der Waals surface area contributed by atoms with E-state index in [1.807, 2.05) is 0 Å². The summed E-state index contributed by atoms with van der Waals surface area (Å²) in [4.78, 5) is 20.2. The van der Waals surface area contributed by atoms with E-state index >= 15 is 0 Å². The molecule has 0 bridgehead atoms. The molecule has 2 heterocycles. The molecule has 1 amide bonds. The number of amides is 1. The summed E-state index contributed by atoms with van der Waals surface area (Å²) in [5.41, 5.74) is 5.67. The summed E-state index contributed by atoms with van der Waals surface area (Å²) in [6.45, 7) is 0.243. The third-order valence-electron chi connectivity index (χ3n) is 3.80. The Hall–Kier alpha value is -3.23. The highest BCUT2D eigenvalue weighted by Crippen LogP contribution is 2.30. The van der Waals surface area contributed by atoms with Crippen LogP contribution in [0.3, 0.4) is 0 Å². The van der Waals surface area contributed by atoms with Crippen LogP contribution in [0.5, 0.6) is 5.75 Å². The van der Waals surface area contributed by atoms with Gasteiger partial charge in [0, 0.05) is 23.7 Å². The van der Waals surface area contributed by atoms with Crippen LogP contribution >= 0.6 is 0 Å². The average molecular weight is 362 g/mol. The number of pyridine rings is 1. The molecule has 0 fully saturated rings. The highest BCUT2D eigenvalue weighted by Gasteiger charge is 2.23. The quantitative estimate of drug-likeness (QED) is 0.870. The number of rotatable bonds is 4. The molecule has 1 aromatic heterocycles. The number of methoxy groups -OCH3 is 1. The molecule has 1 aliphatic heterocycles. The highest BCUT2D eigenvalue weighted by atomic mass is 19.2. The van der Waals surface area contributed by atoms with Crippen molar-refractivity contribution in [3.05, 3.63) is 53.4 Å². The zero-order chi connectivity index (χ0) is 18.7. The molecule has 1 aliphatic rings. The molecule has 3 rings (SSSR count). The zero-order valence-corrected chi connectivity index (χ0v) is 13.8. The predicted octanol–water partition coefficient (Wildman–Crippen LogP) is 2.40. The van der Waals surface area contributed by atoms with E-state index in [0.29, 0.717) is 12.2 Å². The highest BCUT2D eigenvalue weighted by molar-refractivity contribution is 6.02. The molecule has 1 aromatic carbocycles. The van der Waals surface area contributed by atoms with Crippen LogP contribution in [0.25, 0.3) is 0 Å². The number of ether oxygens (including phenoxy) is 2. The second kappa shape index (κ2) is 7.34. The van der Waals surface area contributed by atoms with Crippen molar-refractivity contribution in [3.8, 4) is 5.75 Å². The van der Waals surface area contributed by atoms with Crippen molar-refractivity contribution in [1.29, 1.82) is 0 Å². The maximum absolute atomic E-state index is 14.2. The van der Waals surface area contributed by atoms with Crippen molar-refractivity contribution in [2.45, 2.75) is 12.5 Å². The monoisotopic (exact) mass is 362 g/mol. The lowest BCUT2D eigenvalue weighted by molar-refractivity contribution is 0.102. The van der Waals surface area contributed by atoms with Gasteiger partial charge in [-0.25, -0.2) is 18.8 Å². The zero-order valence-electron chi connectivity index (χ0n) is 13.8. The molecular formula is C17H16F2N4O3. The number of aliphatic imine (C=N–C) groups is 1. The van der Waals surface area contributed by atoms with Crippen molar-refractivity contribution in [2.75, 3.05) is 19.0 Å². The Bertz CT molecular complexity index is 856. The summed E-state index contributed by atoms with van der Waals surface area (Å²) in [5, 5.41) is 2.49. The van der Waals surface area contributed by atoms with E-state index in [0.717, 1.165) is 6.07 Å². The normalized spacial score (nSPS) is 16.4. The molecule has 1 unspecified atom stereocenters. The van der Waals surface area contributed by atoms with Gasteiger partial charge in [0.2, 0.25) is 0 Å². The minimum absolute atomic E-state index is 0.00533. The Kier molecular flexibility index (Phi) is 4.97. The van der Waals surface area contributed by atoms with Crippen molar-refractivity contribution in [1.82, 2.24) is 4.98 Å². The van der Waals surface area contributed by atoms with Crippen LogP contribution in [-0.4, -0.2) is 30.6 Å². The topological polar surface area (TPSA) is 98.8 Å². The van der Waals surface area contributed by atoms with Crippen molar-refractivity contribution < 1.29 is 23.0 Å². The average Bonchev–Trinajstić information content (AvgIpc) is 2.64. The van der Waals surface area contributed by atoms with E-state index in [1.54, 1.807) is 6.07 Å². The first-order valence-corrected chi connectivity index (χ1v) is 7.74. The number of anilines is 1. The SMILES string of the molecule is COc1ccc(C(=O)Nc2cc(F)c(F)c(C3CCOC(N)=N3)c2)nc1. The van der Waals surface area contributed by atoms with Gasteiger partial charge < -0.3 is 20.5 Å². The fraction of sp³-hybridized carbons (Fsp3) is 0.235. The van der Waals surface area contributed by atoms with Crippen LogP contribution < -0.4 is 15.8 Å². The van der Waals surface area contributed by atoms with Gasteiger partial charge in [-0.3, -0.25) is 4.79 Å². The lowest BCUT2D eigenvalue weighted by atomic mass is 10.0. The molecule has 7 nitrogen and oxygen atoms in total. The maximum Gasteiger partial charge on any atom is 0.282 e. The summed E-state index contributed by atoms with van der Waals surface area (Å²) in [7, 11) is 1.48. The third kappa shape index (κ3) is 3.71. The molecule has 26 heavy (non-hydrogen) atoms. The number of carbonyl (C=O) groups excluding carboxylic acids is 1. The number of carbonyl (C=O) groups is 1. The van der Waals surface area contributed by atoms with Gasteiger partial charge in [-0.2, -0.15) is 0 Å². The van der Waals surface area contributed by atoms with E-state index in [4.69, 9.17) is 15.2 Å². The molecule has 0 aliphatic carbocycles. The summed E-state index contributed by atoms with van der Waals surface area (Å²) in [5.74, 6) is -2.21. The summed E-state index contributed by atoms with van der Waals surface area (Å²) >= 11 is 0. The minimum Gasteiger partial charge on any atom is -0.495 e. The maximum atomic E-state index is 14.2. The first kappa shape index (κ1) is 17.6. The van der Waals surface area contributed by atoms with E-state index in [1.165, 1.54) is 25.4 Å². The number of amidine groups is 1. The number of nitrogens with one attached hydrogen (secondary N) is 1. The second-order valence-electron chi connectivity index (χ2n) is 5.52. The van der Waals surface area contributed by atoms with Gasteiger partial charge in [0.05, 0.1) is 26.0 Å². The standard InChI is InChI=1S/C17H16F2N4O3/c1-25-10-2-3-14(21-8-10)16(24)22-9-6-11(15(19)12(18)7-9)13-4-5-26-17(20)23-13/h2-3,6-8,13H,4-5H2,1H3,(H2,20,23)(H,22,24). The van der Waals surface area contributed by atoms with Gasteiger partial charge in [-0.15, -0.1) is 0 Å². The van der Waals surface area contributed by atoms with Gasteiger partial charge in [0.1, 0.15) is 11.4 Å². The van der Waals surface area contributed by atoms with Crippen molar-refractivity contribution >= 4 is 17.6 Å². The lowest BCUT2D eigenvalue weighted by Gasteiger charge is -2.20. The van der Waals surface area contributed by atoms with Crippen LogP contribution in [0.2, 0.25) is 0 Å². The van der Waals surface area contributed by atoms with Gasteiger partial charge in [-0.05, 0) is 18.2 Å². The molecule has 0 saturated carbocycles. The predicted molar refractivity (Wildman–Crippen MR) is 90.0 cm³/mol. The number of nitrogens with zero attached hydrogens (tertiary/aromatic N) is 2. The third-order valence-corrected chi connectivity index (χ3v) is 3.80. The second-order valence-corrected chi connectivity index (χ2v) is 5.52. The number of benzene rings is 1. The molecule has 0 spiro atoms. The summed E-state index contributed by atoms with van der Waals surface area (Å²) < 4.78 is 38.1. The first-order valence-electron chi connectivity index (χ1n) is 7.74. The molecule has 9 heteroatoms. The molecule has 1 atom stereocenters. The van der Waals surface area contributed by atoms with Crippen LogP contribution in [0, 0.1) is 11.6 Å². The number of hydrogen-bond acceptors (Lipinski definition) is 6. The number of nitrogens with two attached hydrogens (primary N) is 1. The van der Waals surface area contributed by atoms with Gasteiger partial charge in [-0.1, -0.05) is 0 Å². The molecule has 0 radical (unpaired) electrons. The summed E-state index contributed by atoms with van der Waals surface area (Å²) in [6.07, 6.45) is 1.72.